The summed E-state index contributed by atoms with van der Waals surface area (Å²) in [6, 6.07) is 8.21. The van der Waals surface area contributed by atoms with E-state index in [2.05, 4.69) is 17.3 Å². The van der Waals surface area contributed by atoms with E-state index in [0.717, 1.165) is 18.2 Å². The van der Waals surface area contributed by atoms with E-state index >= 15 is 0 Å². The van der Waals surface area contributed by atoms with E-state index in [1.54, 1.807) is 0 Å². The minimum atomic E-state index is 0.0600. The number of likely N-dealkylation sites (N-methyl/N-ethyl adjacent to an activating group) is 1. The van der Waals surface area contributed by atoms with Gasteiger partial charge in [0.1, 0.15) is 0 Å². The first-order valence-electron chi connectivity index (χ1n) is 6.46. The van der Waals surface area contributed by atoms with Crippen LogP contribution in [0.1, 0.15) is 18.4 Å². The summed E-state index contributed by atoms with van der Waals surface area (Å²) in [5.74, 6) is 0.0600. The van der Waals surface area contributed by atoms with Crippen molar-refractivity contribution in [2.75, 3.05) is 25.9 Å². The summed E-state index contributed by atoms with van der Waals surface area (Å²) in [7, 11) is 2.11. The largest absolute Gasteiger partial charge is 0.399 e. The van der Waals surface area contributed by atoms with Crippen LogP contribution in [0.3, 0.4) is 0 Å². The molecule has 1 fully saturated rings. The van der Waals surface area contributed by atoms with Crippen molar-refractivity contribution in [2.24, 2.45) is 0 Å². The first-order valence-corrected chi connectivity index (χ1v) is 6.46. The number of amides is 1. The topological polar surface area (TPSA) is 58.4 Å². The van der Waals surface area contributed by atoms with Crippen LogP contribution in [0.15, 0.2) is 24.3 Å². The van der Waals surface area contributed by atoms with Crippen LogP contribution in [0.4, 0.5) is 5.69 Å². The molecule has 1 aliphatic carbocycles. The van der Waals surface area contributed by atoms with Crippen molar-refractivity contribution in [1.82, 2.24) is 10.2 Å². The van der Waals surface area contributed by atoms with Gasteiger partial charge in [-0.05, 0) is 37.6 Å². The molecule has 1 aromatic rings. The van der Waals surface area contributed by atoms with Crippen molar-refractivity contribution in [3.63, 3.8) is 0 Å². The molecule has 0 unspecified atom stereocenters. The molecule has 0 radical (unpaired) electrons. The van der Waals surface area contributed by atoms with Crippen molar-refractivity contribution >= 4 is 11.6 Å². The maximum absolute atomic E-state index is 11.7. The molecule has 4 nitrogen and oxygen atoms in total. The van der Waals surface area contributed by atoms with Crippen LogP contribution in [0, 0.1) is 0 Å². The second kappa shape index (κ2) is 5.87. The average Bonchev–Trinajstić information content (AvgIpc) is 3.12. The third kappa shape index (κ3) is 4.04. The number of nitrogens with two attached hydrogens (primary N) is 1. The summed E-state index contributed by atoms with van der Waals surface area (Å²) in [6.07, 6.45) is 3.00. The molecular formula is C14H21N3O. The molecule has 0 aromatic heterocycles. The number of rotatable bonds is 6. The van der Waals surface area contributed by atoms with Crippen molar-refractivity contribution in [3.8, 4) is 0 Å². The summed E-state index contributed by atoms with van der Waals surface area (Å²) >= 11 is 0. The zero-order valence-electron chi connectivity index (χ0n) is 10.9. The molecule has 0 saturated heterocycles. The van der Waals surface area contributed by atoms with Gasteiger partial charge in [-0.15, -0.1) is 0 Å². The standard InChI is InChI=1S/C14H21N3O/c1-17(13-5-6-13)8-7-16-14(18)10-11-3-2-4-12(15)9-11/h2-4,9,13H,5-8,10,15H2,1H3,(H,16,18). The molecule has 0 heterocycles. The predicted molar refractivity (Wildman–Crippen MR) is 73.2 cm³/mol. The van der Waals surface area contributed by atoms with Gasteiger partial charge in [0.2, 0.25) is 5.91 Å². The number of anilines is 1. The quantitative estimate of drug-likeness (QED) is 0.738. The van der Waals surface area contributed by atoms with Gasteiger partial charge in [0, 0.05) is 24.8 Å². The smallest absolute Gasteiger partial charge is 0.224 e. The Morgan fingerprint density at radius 3 is 2.94 bits per heavy atom. The fourth-order valence-electron chi connectivity index (χ4n) is 2.02. The Labute approximate surface area is 108 Å². The molecule has 0 aliphatic heterocycles. The lowest BCUT2D eigenvalue weighted by Gasteiger charge is -2.15. The normalized spacial score (nSPS) is 14.8. The third-order valence-electron chi connectivity index (χ3n) is 3.27. The van der Waals surface area contributed by atoms with E-state index in [4.69, 9.17) is 5.73 Å². The Bertz CT molecular complexity index is 415. The average molecular weight is 247 g/mol. The highest BCUT2D eigenvalue weighted by Gasteiger charge is 2.25. The van der Waals surface area contributed by atoms with Crippen molar-refractivity contribution in [3.05, 3.63) is 29.8 Å². The molecule has 98 valence electrons. The van der Waals surface area contributed by atoms with Crippen molar-refractivity contribution < 1.29 is 4.79 Å². The van der Waals surface area contributed by atoms with Gasteiger partial charge in [-0.3, -0.25) is 4.79 Å². The molecule has 1 saturated carbocycles. The van der Waals surface area contributed by atoms with E-state index < -0.39 is 0 Å². The van der Waals surface area contributed by atoms with E-state index in [9.17, 15) is 4.79 Å². The van der Waals surface area contributed by atoms with Crippen LogP contribution in [-0.4, -0.2) is 37.0 Å². The van der Waals surface area contributed by atoms with E-state index in [-0.39, 0.29) is 5.91 Å². The number of carbonyl (C=O) groups is 1. The van der Waals surface area contributed by atoms with Crippen LogP contribution in [0.2, 0.25) is 0 Å². The number of hydrogen-bond acceptors (Lipinski definition) is 3. The van der Waals surface area contributed by atoms with Crippen LogP contribution in [-0.2, 0) is 11.2 Å². The zero-order chi connectivity index (χ0) is 13.0. The molecule has 4 heteroatoms. The van der Waals surface area contributed by atoms with Gasteiger partial charge in [-0.25, -0.2) is 0 Å². The van der Waals surface area contributed by atoms with Gasteiger partial charge in [0.05, 0.1) is 6.42 Å². The molecular weight excluding hydrogens is 226 g/mol. The molecule has 18 heavy (non-hydrogen) atoms. The second-order valence-electron chi connectivity index (χ2n) is 4.98. The van der Waals surface area contributed by atoms with Crippen LogP contribution in [0.5, 0.6) is 0 Å². The molecule has 1 aromatic carbocycles. The highest BCUT2D eigenvalue weighted by atomic mass is 16.1. The van der Waals surface area contributed by atoms with Gasteiger partial charge in [-0.1, -0.05) is 12.1 Å². The maximum atomic E-state index is 11.7. The fraction of sp³-hybridized carbons (Fsp3) is 0.500. The summed E-state index contributed by atoms with van der Waals surface area (Å²) in [5, 5.41) is 2.94. The highest BCUT2D eigenvalue weighted by Crippen LogP contribution is 2.24. The number of nitrogen functional groups attached to an aromatic ring is 1. The number of nitrogens with one attached hydrogen (secondary N) is 1. The lowest BCUT2D eigenvalue weighted by molar-refractivity contribution is -0.120. The number of benzene rings is 1. The van der Waals surface area contributed by atoms with Gasteiger partial charge in [-0.2, -0.15) is 0 Å². The number of nitrogens with zero attached hydrogens (tertiary/aromatic N) is 1. The maximum Gasteiger partial charge on any atom is 0.224 e. The molecule has 2 rings (SSSR count). The van der Waals surface area contributed by atoms with Crippen molar-refractivity contribution in [2.45, 2.75) is 25.3 Å². The first-order chi connectivity index (χ1) is 8.65. The minimum Gasteiger partial charge on any atom is -0.399 e. The lowest BCUT2D eigenvalue weighted by Crippen LogP contribution is -2.34. The fourth-order valence-corrected chi connectivity index (χ4v) is 2.02. The van der Waals surface area contributed by atoms with Gasteiger partial charge >= 0.3 is 0 Å². The zero-order valence-corrected chi connectivity index (χ0v) is 10.9. The SMILES string of the molecule is CN(CCNC(=O)Cc1cccc(N)c1)C1CC1. The number of carbonyl (C=O) groups excluding carboxylic acids is 1. The van der Waals surface area contributed by atoms with Gasteiger partial charge in [0.15, 0.2) is 0 Å². The summed E-state index contributed by atoms with van der Waals surface area (Å²) in [6.45, 7) is 1.64. The van der Waals surface area contributed by atoms with Gasteiger partial charge in [0.25, 0.3) is 0 Å². The molecule has 3 N–H and O–H groups in total. The van der Waals surface area contributed by atoms with E-state index in [0.29, 0.717) is 18.7 Å². The predicted octanol–water partition coefficient (Wildman–Crippen LogP) is 1.02. The van der Waals surface area contributed by atoms with Crippen LogP contribution in [0.25, 0.3) is 0 Å². The Kier molecular flexibility index (Phi) is 4.20. The minimum absolute atomic E-state index is 0.0600. The summed E-state index contributed by atoms with van der Waals surface area (Å²) in [4.78, 5) is 14.0. The van der Waals surface area contributed by atoms with E-state index in [1.165, 1.54) is 12.8 Å². The number of hydrogen-bond donors (Lipinski definition) is 2. The highest BCUT2D eigenvalue weighted by molar-refractivity contribution is 5.78. The first kappa shape index (κ1) is 12.9. The molecule has 0 atom stereocenters. The molecule has 0 spiro atoms. The summed E-state index contributed by atoms with van der Waals surface area (Å²) < 4.78 is 0. The molecule has 0 bridgehead atoms. The van der Waals surface area contributed by atoms with Crippen LogP contribution >= 0.6 is 0 Å². The third-order valence-corrected chi connectivity index (χ3v) is 3.27. The Hall–Kier alpha value is -1.55. The Morgan fingerprint density at radius 2 is 2.28 bits per heavy atom. The summed E-state index contributed by atoms with van der Waals surface area (Å²) in [5.41, 5.74) is 7.34. The van der Waals surface area contributed by atoms with Crippen molar-refractivity contribution in [1.29, 1.82) is 0 Å². The van der Waals surface area contributed by atoms with Gasteiger partial charge < -0.3 is 16.0 Å². The molecule has 1 aliphatic rings. The van der Waals surface area contributed by atoms with Crippen LogP contribution < -0.4 is 11.1 Å². The lowest BCUT2D eigenvalue weighted by atomic mass is 10.1. The Balaban J connectivity index is 1.68. The Morgan fingerprint density at radius 1 is 1.50 bits per heavy atom. The molecule has 1 amide bonds. The monoisotopic (exact) mass is 247 g/mol. The van der Waals surface area contributed by atoms with E-state index in [1.807, 2.05) is 24.3 Å². The second-order valence-corrected chi connectivity index (χ2v) is 4.98.